The predicted octanol–water partition coefficient (Wildman–Crippen LogP) is 1.48. The summed E-state index contributed by atoms with van der Waals surface area (Å²) >= 11 is 0. The van der Waals surface area contributed by atoms with Crippen molar-refractivity contribution in [2.75, 3.05) is 26.7 Å². The van der Waals surface area contributed by atoms with E-state index in [4.69, 9.17) is 0 Å². The second-order valence-electron chi connectivity index (χ2n) is 5.47. The molecule has 1 heterocycles. The monoisotopic (exact) mass is 256 g/mol. The maximum Gasteiger partial charge on any atom is 0.236 e. The molecule has 0 aliphatic carbocycles. The minimum atomic E-state index is -0.283. The molecular weight excluding hydrogens is 228 g/mol. The molecule has 0 aromatic carbocycles. The van der Waals surface area contributed by atoms with Crippen molar-refractivity contribution >= 4 is 5.91 Å². The zero-order valence-corrected chi connectivity index (χ0v) is 12.1. The molecule has 0 aromatic heterocycles. The Morgan fingerprint density at radius 2 is 2.17 bits per heavy atom. The molecule has 1 aliphatic heterocycles. The van der Waals surface area contributed by atoms with Crippen molar-refractivity contribution in [2.45, 2.75) is 58.1 Å². The van der Waals surface area contributed by atoms with Crippen molar-refractivity contribution in [3.63, 3.8) is 0 Å². The molecule has 1 N–H and O–H groups in total. The molecule has 18 heavy (non-hydrogen) atoms. The number of rotatable bonds is 5. The quantitative estimate of drug-likeness (QED) is 0.810. The summed E-state index contributed by atoms with van der Waals surface area (Å²) in [6.45, 7) is 6.08. The van der Waals surface area contributed by atoms with Crippen LogP contribution in [0.1, 0.15) is 46.0 Å². The molecule has 4 heteroatoms. The molecule has 4 nitrogen and oxygen atoms in total. The molecule has 106 valence electrons. The van der Waals surface area contributed by atoms with Crippen molar-refractivity contribution < 1.29 is 9.90 Å². The largest absolute Gasteiger partial charge is 0.393 e. The number of amides is 1. The van der Waals surface area contributed by atoms with E-state index >= 15 is 0 Å². The van der Waals surface area contributed by atoms with Crippen LogP contribution in [0.15, 0.2) is 0 Å². The van der Waals surface area contributed by atoms with Gasteiger partial charge in [-0.3, -0.25) is 9.69 Å². The maximum atomic E-state index is 12.0. The first-order valence-corrected chi connectivity index (χ1v) is 7.20. The van der Waals surface area contributed by atoms with Crippen LogP contribution in [0.5, 0.6) is 0 Å². The van der Waals surface area contributed by atoms with E-state index < -0.39 is 0 Å². The average molecular weight is 256 g/mol. The summed E-state index contributed by atoms with van der Waals surface area (Å²) in [6.07, 6.45) is 5.22. The van der Waals surface area contributed by atoms with E-state index in [1.807, 2.05) is 20.9 Å². The third-order valence-corrected chi connectivity index (χ3v) is 3.85. The second-order valence-corrected chi connectivity index (χ2v) is 5.47. The topological polar surface area (TPSA) is 43.8 Å². The number of hydrogen-bond donors (Lipinski definition) is 1. The molecule has 2 unspecified atom stereocenters. The standard InChI is InChI=1S/C14H28N2O2/c1-4-15(3)14(18)11-16-9-7-5-6-8-13(16)10-12(2)17/h12-13,17H,4-11H2,1-3H3. The first kappa shape index (κ1) is 15.4. The van der Waals surface area contributed by atoms with Crippen LogP contribution < -0.4 is 0 Å². The molecule has 0 spiro atoms. The normalized spacial score (nSPS) is 23.4. The predicted molar refractivity (Wildman–Crippen MR) is 73.4 cm³/mol. The summed E-state index contributed by atoms with van der Waals surface area (Å²) in [5, 5.41) is 9.58. The minimum Gasteiger partial charge on any atom is -0.393 e. The lowest BCUT2D eigenvalue weighted by molar-refractivity contribution is -0.131. The molecule has 0 radical (unpaired) electrons. The van der Waals surface area contributed by atoms with Gasteiger partial charge in [0.2, 0.25) is 5.91 Å². The molecule has 0 bridgehead atoms. The molecule has 1 amide bonds. The lowest BCUT2D eigenvalue weighted by atomic mass is 10.0. The smallest absolute Gasteiger partial charge is 0.236 e. The average Bonchev–Trinajstić information content (AvgIpc) is 2.53. The van der Waals surface area contributed by atoms with Crippen LogP contribution in [-0.2, 0) is 4.79 Å². The summed E-state index contributed by atoms with van der Waals surface area (Å²) < 4.78 is 0. The van der Waals surface area contributed by atoms with E-state index in [0.29, 0.717) is 12.6 Å². The number of carbonyl (C=O) groups excluding carboxylic acids is 1. The Kier molecular flexibility index (Phi) is 6.65. The summed E-state index contributed by atoms with van der Waals surface area (Å²) in [4.78, 5) is 16.0. The first-order chi connectivity index (χ1) is 8.54. The van der Waals surface area contributed by atoms with E-state index in [9.17, 15) is 9.90 Å². The van der Waals surface area contributed by atoms with Gasteiger partial charge in [0.15, 0.2) is 0 Å². The van der Waals surface area contributed by atoms with Crippen LogP contribution in [-0.4, -0.2) is 59.6 Å². The lowest BCUT2D eigenvalue weighted by Gasteiger charge is -2.31. The highest BCUT2D eigenvalue weighted by Gasteiger charge is 2.24. The fourth-order valence-electron chi connectivity index (χ4n) is 2.58. The Bertz CT molecular complexity index is 256. The van der Waals surface area contributed by atoms with Gasteiger partial charge in [-0.2, -0.15) is 0 Å². The maximum absolute atomic E-state index is 12.0. The van der Waals surface area contributed by atoms with Crippen LogP contribution in [0.2, 0.25) is 0 Å². The number of aliphatic hydroxyl groups is 1. The molecule has 2 atom stereocenters. The molecule has 1 rings (SSSR count). The third kappa shape index (κ3) is 4.94. The van der Waals surface area contributed by atoms with E-state index in [-0.39, 0.29) is 12.0 Å². The number of likely N-dealkylation sites (tertiary alicyclic amines) is 1. The molecule has 1 saturated heterocycles. The Balaban J connectivity index is 2.58. The summed E-state index contributed by atoms with van der Waals surface area (Å²) in [5.41, 5.74) is 0. The zero-order chi connectivity index (χ0) is 13.5. The second kappa shape index (κ2) is 7.74. The van der Waals surface area contributed by atoms with Gasteiger partial charge in [0, 0.05) is 19.6 Å². The fourth-order valence-corrected chi connectivity index (χ4v) is 2.58. The van der Waals surface area contributed by atoms with Crippen LogP contribution in [0.4, 0.5) is 0 Å². The van der Waals surface area contributed by atoms with Gasteiger partial charge >= 0.3 is 0 Å². The number of carbonyl (C=O) groups is 1. The third-order valence-electron chi connectivity index (χ3n) is 3.85. The zero-order valence-electron chi connectivity index (χ0n) is 12.1. The van der Waals surface area contributed by atoms with E-state index in [1.165, 1.54) is 19.3 Å². The summed E-state index contributed by atoms with van der Waals surface area (Å²) in [5.74, 6) is 0.190. The van der Waals surface area contributed by atoms with Gasteiger partial charge < -0.3 is 10.0 Å². The highest BCUT2D eigenvalue weighted by Crippen LogP contribution is 2.20. The van der Waals surface area contributed by atoms with Crippen LogP contribution >= 0.6 is 0 Å². The van der Waals surface area contributed by atoms with E-state index in [0.717, 1.165) is 25.9 Å². The number of likely N-dealkylation sites (N-methyl/N-ethyl adjacent to an activating group) is 1. The van der Waals surface area contributed by atoms with Crippen LogP contribution in [0.3, 0.4) is 0 Å². The Hall–Kier alpha value is -0.610. The first-order valence-electron chi connectivity index (χ1n) is 7.20. The molecule has 0 saturated carbocycles. The molecule has 0 aromatic rings. The van der Waals surface area contributed by atoms with E-state index in [1.54, 1.807) is 4.90 Å². The SMILES string of the molecule is CCN(C)C(=O)CN1CCCCCC1CC(C)O. The lowest BCUT2D eigenvalue weighted by Crippen LogP contribution is -2.44. The van der Waals surface area contributed by atoms with Crippen LogP contribution in [0, 0.1) is 0 Å². The van der Waals surface area contributed by atoms with Gasteiger partial charge in [-0.25, -0.2) is 0 Å². The van der Waals surface area contributed by atoms with Gasteiger partial charge in [-0.05, 0) is 39.7 Å². The molecule has 1 fully saturated rings. The molecule has 1 aliphatic rings. The minimum absolute atomic E-state index is 0.190. The number of hydrogen-bond acceptors (Lipinski definition) is 3. The summed E-state index contributed by atoms with van der Waals surface area (Å²) in [6, 6.07) is 0.363. The van der Waals surface area contributed by atoms with Crippen molar-refractivity contribution in [3.8, 4) is 0 Å². The van der Waals surface area contributed by atoms with Gasteiger partial charge in [-0.15, -0.1) is 0 Å². The Morgan fingerprint density at radius 1 is 1.44 bits per heavy atom. The van der Waals surface area contributed by atoms with Crippen molar-refractivity contribution in [1.29, 1.82) is 0 Å². The van der Waals surface area contributed by atoms with Gasteiger partial charge in [0.1, 0.15) is 0 Å². The van der Waals surface area contributed by atoms with Crippen molar-refractivity contribution in [3.05, 3.63) is 0 Å². The number of aliphatic hydroxyl groups excluding tert-OH is 1. The highest BCUT2D eigenvalue weighted by atomic mass is 16.3. The van der Waals surface area contributed by atoms with Crippen molar-refractivity contribution in [2.24, 2.45) is 0 Å². The number of nitrogens with zero attached hydrogens (tertiary/aromatic N) is 2. The fraction of sp³-hybridized carbons (Fsp3) is 0.929. The van der Waals surface area contributed by atoms with Gasteiger partial charge in [0.25, 0.3) is 0 Å². The summed E-state index contributed by atoms with van der Waals surface area (Å²) in [7, 11) is 1.85. The van der Waals surface area contributed by atoms with E-state index in [2.05, 4.69) is 4.90 Å². The van der Waals surface area contributed by atoms with Gasteiger partial charge in [0.05, 0.1) is 12.6 Å². The van der Waals surface area contributed by atoms with Crippen molar-refractivity contribution in [1.82, 2.24) is 9.80 Å². The van der Waals surface area contributed by atoms with Crippen LogP contribution in [0.25, 0.3) is 0 Å². The Labute approximate surface area is 111 Å². The highest BCUT2D eigenvalue weighted by molar-refractivity contribution is 5.77. The molecular formula is C14H28N2O2. The van der Waals surface area contributed by atoms with Gasteiger partial charge in [-0.1, -0.05) is 12.8 Å². The Morgan fingerprint density at radius 3 is 2.78 bits per heavy atom.